The highest BCUT2D eigenvalue weighted by Gasteiger charge is 1.94. The number of rotatable bonds is 4. The first-order valence-electron chi connectivity index (χ1n) is 3.65. The lowest BCUT2D eigenvalue weighted by molar-refractivity contribution is 0.343. The van der Waals surface area contributed by atoms with Crippen molar-refractivity contribution in [3.05, 3.63) is 23.9 Å². The Kier molecular flexibility index (Phi) is 4.28. The minimum absolute atomic E-state index is 0.0309. The fraction of sp³-hybridized carbons (Fsp3) is 0.250. The lowest BCUT2D eigenvalue weighted by Gasteiger charge is -1.97. The van der Waals surface area contributed by atoms with Crippen LogP contribution in [0.15, 0.2) is 29.0 Å². The number of methoxy groups -OCH3 is 1. The van der Waals surface area contributed by atoms with Crippen molar-refractivity contribution in [2.75, 3.05) is 13.7 Å². The van der Waals surface area contributed by atoms with Gasteiger partial charge < -0.3 is 9.84 Å². The molecule has 0 aliphatic heterocycles. The summed E-state index contributed by atoms with van der Waals surface area (Å²) in [4.78, 5) is 8.03. The molecule has 0 saturated carbocycles. The number of thioether (sulfide) groups is 1. The molecule has 1 N–H and O–H groups in total. The zero-order valence-electron chi connectivity index (χ0n) is 7.17. The topological polar surface area (TPSA) is 55.2 Å². The average molecular weight is 198 g/mol. The minimum atomic E-state index is 0.0309. The molecule has 0 aliphatic carbocycles. The summed E-state index contributed by atoms with van der Waals surface area (Å²) < 4.78 is 4.90. The molecular weight excluding hydrogens is 188 g/mol. The fourth-order valence-electron chi connectivity index (χ4n) is 0.623. The molecule has 0 aliphatic rings. The molecule has 0 aromatic carbocycles. The summed E-state index contributed by atoms with van der Waals surface area (Å²) in [5.74, 6) is 0.635. The van der Waals surface area contributed by atoms with E-state index in [4.69, 9.17) is 9.84 Å². The molecule has 1 aromatic rings. The van der Waals surface area contributed by atoms with E-state index in [9.17, 15) is 0 Å². The minimum Gasteiger partial charge on any atom is -0.494 e. The Hall–Kier alpha value is -1.07. The highest BCUT2D eigenvalue weighted by Crippen LogP contribution is 2.15. The molecule has 0 saturated heterocycles. The van der Waals surface area contributed by atoms with Gasteiger partial charge >= 0.3 is 0 Å². The molecule has 0 spiro atoms. The van der Waals surface area contributed by atoms with E-state index in [1.54, 1.807) is 31.0 Å². The Morgan fingerprint density at radius 3 is 2.77 bits per heavy atom. The maximum Gasteiger partial charge on any atom is 0.192 e. The van der Waals surface area contributed by atoms with Crippen LogP contribution in [0.1, 0.15) is 0 Å². The zero-order chi connectivity index (χ0) is 9.52. The van der Waals surface area contributed by atoms with Crippen LogP contribution in [0.2, 0.25) is 0 Å². The third kappa shape index (κ3) is 3.43. The maximum absolute atomic E-state index is 8.47. The molecule has 13 heavy (non-hydrogen) atoms. The van der Waals surface area contributed by atoms with Crippen LogP contribution in [-0.4, -0.2) is 28.8 Å². The molecule has 1 heterocycles. The maximum atomic E-state index is 8.47. The van der Waals surface area contributed by atoms with Crippen LogP contribution in [0, 0.1) is 0 Å². The molecule has 0 amide bonds. The zero-order valence-corrected chi connectivity index (χ0v) is 7.99. The SMILES string of the molecule is COc1cnc(SC=CCO)nc1. The van der Waals surface area contributed by atoms with Gasteiger partial charge in [0.1, 0.15) is 0 Å². The number of aliphatic hydroxyl groups is 1. The lowest BCUT2D eigenvalue weighted by atomic mass is 10.6. The van der Waals surface area contributed by atoms with Gasteiger partial charge in [-0.25, -0.2) is 9.97 Å². The summed E-state index contributed by atoms with van der Waals surface area (Å²) >= 11 is 1.35. The summed E-state index contributed by atoms with van der Waals surface area (Å²) in [5, 5.41) is 10.8. The number of hydrogen-bond acceptors (Lipinski definition) is 5. The van der Waals surface area contributed by atoms with E-state index in [0.717, 1.165) is 0 Å². The Morgan fingerprint density at radius 2 is 2.23 bits per heavy atom. The van der Waals surface area contributed by atoms with E-state index >= 15 is 0 Å². The number of aliphatic hydroxyl groups excluding tert-OH is 1. The predicted molar refractivity (Wildman–Crippen MR) is 50.7 cm³/mol. The van der Waals surface area contributed by atoms with Gasteiger partial charge in [-0.05, 0) is 5.41 Å². The molecular formula is C8H10N2O2S. The van der Waals surface area contributed by atoms with E-state index in [1.807, 2.05) is 0 Å². The van der Waals surface area contributed by atoms with Crippen molar-refractivity contribution in [2.24, 2.45) is 0 Å². The van der Waals surface area contributed by atoms with Crippen LogP contribution in [0.4, 0.5) is 0 Å². The van der Waals surface area contributed by atoms with Crippen molar-refractivity contribution in [1.29, 1.82) is 0 Å². The quantitative estimate of drug-likeness (QED) is 0.579. The van der Waals surface area contributed by atoms with Crippen LogP contribution in [-0.2, 0) is 0 Å². The molecule has 0 unspecified atom stereocenters. The molecule has 0 atom stereocenters. The van der Waals surface area contributed by atoms with Crippen LogP contribution in [0.3, 0.4) is 0 Å². The molecule has 70 valence electrons. The van der Waals surface area contributed by atoms with Gasteiger partial charge in [0.2, 0.25) is 0 Å². The highest BCUT2D eigenvalue weighted by molar-refractivity contribution is 8.02. The van der Waals surface area contributed by atoms with E-state index in [1.165, 1.54) is 11.8 Å². The number of aromatic nitrogens is 2. The Balaban J connectivity index is 2.54. The van der Waals surface area contributed by atoms with Gasteiger partial charge in [0.15, 0.2) is 10.9 Å². The molecule has 1 aromatic heterocycles. The van der Waals surface area contributed by atoms with Crippen LogP contribution >= 0.6 is 11.8 Å². The summed E-state index contributed by atoms with van der Waals surface area (Å²) in [7, 11) is 1.57. The van der Waals surface area contributed by atoms with Gasteiger partial charge in [0.25, 0.3) is 0 Å². The van der Waals surface area contributed by atoms with Gasteiger partial charge in [-0.3, -0.25) is 0 Å². The van der Waals surface area contributed by atoms with Crippen molar-refractivity contribution >= 4 is 11.8 Å². The van der Waals surface area contributed by atoms with E-state index in [2.05, 4.69) is 9.97 Å². The van der Waals surface area contributed by atoms with E-state index < -0.39 is 0 Å². The number of hydrogen-bond donors (Lipinski definition) is 1. The van der Waals surface area contributed by atoms with Gasteiger partial charge in [-0.2, -0.15) is 0 Å². The monoisotopic (exact) mass is 198 g/mol. The summed E-state index contributed by atoms with van der Waals surface area (Å²) in [5.41, 5.74) is 0. The Labute approximate surface area is 80.7 Å². The summed E-state index contributed by atoms with van der Waals surface area (Å²) in [6.45, 7) is 0.0309. The van der Waals surface area contributed by atoms with Crippen LogP contribution in [0.25, 0.3) is 0 Å². The van der Waals surface area contributed by atoms with E-state index in [-0.39, 0.29) is 6.61 Å². The third-order valence-corrected chi connectivity index (χ3v) is 1.97. The largest absolute Gasteiger partial charge is 0.494 e. The van der Waals surface area contributed by atoms with Gasteiger partial charge in [-0.15, -0.1) is 0 Å². The van der Waals surface area contributed by atoms with E-state index in [0.29, 0.717) is 10.9 Å². The van der Waals surface area contributed by atoms with Crippen molar-refractivity contribution in [3.8, 4) is 5.75 Å². The number of nitrogens with zero attached hydrogens (tertiary/aromatic N) is 2. The van der Waals surface area contributed by atoms with Crippen LogP contribution in [0.5, 0.6) is 5.75 Å². The molecule has 0 fully saturated rings. The first kappa shape index (κ1) is 10.0. The van der Waals surface area contributed by atoms with Gasteiger partial charge in [-0.1, -0.05) is 17.8 Å². The van der Waals surface area contributed by atoms with Crippen molar-refractivity contribution in [2.45, 2.75) is 5.16 Å². The van der Waals surface area contributed by atoms with Crippen molar-refractivity contribution < 1.29 is 9.84 Å². The normalized spacial score (nSPS) is 10.6. The summed E-state index contributed by atoms with van der Waals surface area (Å²) in [6, 6.07) is 0. The second-order valence-corrected chi connectivity index (χ2v) is 2.95. The van der Waals surface area contributed by atoms with Crippen molar-refractivity contribution in [1.82, 2.24) is 9.97 Å². The van der Waals surface area contributed by atoms with Gasteiger partial charge in [0.05, 0.1) is 26.1 Å². The molecule has 5 heteroatoms. The second kappa shape index (κ2) is 5.55. The summed E-state index contributed by atoms with van der Waals surface area (Å²) in [6.07, 6.45) is 4.82. The standard InChI is InChI=1S/C8H10N2O2S/c1-12-7-5-9-8(10-6-7)13-4-2-3-11/h2,4-6,11H,3H2,1H3. The highest BCUT2D eigenvalue weighted by atomic mass is 32.2. The second-order valence-electron chi connectivity index (χ2n) is 2.08. The Morgan fingerprint density at radius 1 is 1.54 bits per heavy atom. The van der Waals surface area contributed by atoms with Gasteiger partial charge in [0, 0.05) is 0 Å². The first-order chi connectivity index (χ1) is 6.36. The average Bonchev–Trinajstić information content (AvgIpc) is 2.19. The molecule has 0 bridgehead atoms. The fourth-order valence-corrected chi connectivity index (χ4v) is 1.15. The van der Waals surface area contributed by atoms with Crippen LogP contribution < -0.4 is 4.74 Å². The lowest BCUT2D eigenvalue weighted by Crippen LogP contribution is -1.88. The predicted octanol–water partition coefficient (Wildman–Crippen LogP) is 1.08. The van der Waals surface area contributed by atoms with Crippen molar-refractivity contribution in [3.63, 3.8) is 0 Å². The molecule has 4 nitrogen and oxygen atoms in total. The molecule has 0 radical (unpaired) electrons. The number of ether oxygens (including phenoxy) is 1. The molecule has 1 rings (SSSR count). The first-order valence-corrected chi connectivity index (χ1v) is 4.53. The smallest absolute Gasteiger partial charge is 0.192 e. The third-order valence-electron chi connectivity index (χ3n) is 1.22. The Bertz CT molecular complexity index is 274.